The number of ketones is 2. The van der Waals surface area contributed by atoms with Crippen molar-refractivity contribution in [2.75, 3.05) is 0 Å². The molecule has 0 N–H and O–H groups in total. The summed E-state index contributed by atoms with van der Waals surface area (Å²) in [6, 6.07) is 0. The van der Waals surface area contributed by atoms with Crippen molar-refractivity contribution >= 4 is 27.3 Å². The van der Waals surface area contributed by atoms with Crippen LogP contribution in [-0.2, 0) is 9.59 Å². The summed E-state index contributed by atoms with van der Waals surface area (Å²) in [6.07, 6.45) is 7.46. The Hall–Kier alpha value is -1.83. The molecule has 0 aromatic rings. The zero-order chi connectivity index (χ0) is 20.9. The maximum atomic E-state index is 13.5. The summed E-state index contributed by atoms with van der Waals surface area (Å²) in [5, 5.41) is 0. The van der Waals surface area contributed by atoms with Crippen LogP contribution in [0.15, 0.2) is 57.0 Å². The van der Waals surface area contributed by atoms with Crippen LogP contribution in [0.2, 0.25) is 0 Å². The summed E-state index contributed by atoms with van der Waals surface area (Å²) in [4.78, 5) is 25.8. The van der Waals surface area contributed by atoms with Gasteiger partial charge >= 0.3 is 0 Å². The van der Waals surface area contributed by atoms with Gasteiger partial charge in [-0.15, -0.1) is 5.47 Å². The molecule has 0 bridgehead atoms. The predicted molar refractivity (Wildman–Crippen MR) is 116 cm³/mol. The van der Waals surface area contributed by atoms with Gasteiger partial charge in [0, 0.05) is 0 Å². The molecule has 27 heavy (non-hydrogen) atoms. The molecule has 1 aliphatic rings. The Kier molecular flexibility index (Phi) is 8.07. The molecule has 0 amide bonds. The summed E-state index contributed by atoms with van der Waals surface area (Å²) < 4.78 is 0. The van der Waals surface area contributed by atoms with Crippen LogP contribution in [-0.4, -0.2) is 27.3 Å². The van der Waals surface area contributed by atoms with Gasteiger partial charge in [0.1, 0.15) is 15.7 Å². The second-order valence-corrected chi connectivity index (χ2v) is 8.11. The fraction of sp³-hybridized carbons (Fsp3) is 0.478. The molecule has 0 aromatic carbocycles. The van der Waals surface area contributed by atoms with Gasteiger partial charge in [-0.25, -0.2) is 0 Å². The number of allylic oxidation sites excluding steroid dienone is 10. The van der Waals surface area contributed by atoms with Gasteiger partial charge in [-0.05, 0) is 67.7 Å². The van der Waals surface area contributed by atoms with Crippen molar-refractivity contribution in [2.45, 2.75) is 67.7 Å². The molecule has 0 spiro atoms. The van der Waals surface area contributed by atoms with Crippen molar-refractivity contribution < 1.29 is 9.59 Å². The first-order valence-corrected chi connectivity index (χ1v) is 9.39. The lowest BCUT2D eigenvalue weighted by atomic mass is 9.54. The van der Waals surface area contributed by atoms with Crippen LogP contribution in [0.25, 0.3) is 0 Å². The molecule has 2 nitrogen and oxygen atoms in total. The molecule has 1 aliphatic carbocycles. The highest BCUT2D eigenvalue weighted by Gasteiger charge is 2.44. The molecule has 1 rings (SSSR count). The van der Waals surface area contributed by atoms with Gasteiger partial charge in [0.2, 0.25) is 0 Å². The van der Waals surface area contributed by atoms with Crippen LogP contribution in [0.3, 0.4) is 0 Å². The highest BCUT2D eigenvalue weighted by molar-refractivity contribution is 6.40. The topological polar surface area (TPSA) is 34.1 Å². The van der Waals surface area contributed by atoms with E-state index in [2.05, 4.69) is 0 Å². The van der Waals surface area contributed by atoms with E-state index in [1.54, 1.807) is 0 Å². The Morgan fingerprint density at radius 2 is 1.30 bits per heavy atom. The zero-order valence-electron chi connectivity index (χ0n) is 17.8. The number of rotatable bonds is 7. The summed E-state index contributed by atoms with van der Waals surface area (Å²) in [5.41, 5.74) is 3.87. The van der Waals surface area contributed by atoms with E-state index in [0.29, 0.717) is 30.3 Å². The molecule has 0 fully saturated rings. The van der Waals surface area contributed by atoms with E-state index in [4.69, 9.17) is 15.7 Å². The van der Waals surface area contributed by atoms with Crippen molar-refractivity contribution in [3.63, 3.8) is 0 Å². The summed E-state index contributed by atoms with van der Waals surface area (Å²) >= 11 is 0. The monoisotopic (exact) mass is 360 g/mol. The van der Waals surface area contributed by atoms with Crippen LogP contribution < -0.4 is 0 Å². The molecule has 0 atom stereocenters. The summed E-state index contributed by atoms with van der Waals surface area (Å²) in [7, 11) is 12.9. The third-order valence-corrected chi connectivity index (χ3v) is 4.88. The first-order chi connectivity index (χ1) is 12.4. The number of hydrogen-bond donors (Lipinski definition) is 0. The number of hydrogen-bond acceptors (Lipinski definition) is 2. The normalized spacial score (nSPS) is 16.2. The molecular weight excluding hydrogens is 330 g/mol. The largest absolute Gasteiger partial charge is 0.294 e. The molecule has 0 saturated carbocycles. The Morgan fingerprint density at radius 1 is 0.852 bits per heavy atom. The van der Waals surface area contributed by atoms with Gasteiger partial charge in [0.25, 0.3) is 0 Å². The standard InChI is InChI=1S/C23H30B2O2/c1-14(2)8-9-18-20(24)19(17(7)26)22(27)23(21(18)25,12-10-15(3)4)13-11-16(5)6/h8,10-11H,9,12-13H2,1-7H3. The van der Waals surface area contributed by atoms with Crippen molar-refractivity contribution in [1.29, 1.82) is 0 Å². The van der Waals surface area contributed by atoms with E-state index in [-0.39, 0.29) is 22.6 Å². The highest BCUT2D eigenvalue weighted by atomic mass is 16.1. The molecule has 0 unspecified atom stereocenters. The SMILES string of the molecule is [B]C1=C(C(C)=O)C(=O)C(CC=C(C)C)(CC=C(C)C)C([B])=C1CC=C(C)C. The van der Waals surface area contributed by atoms with Crippen LogP contribution in [0.1, 0.15) is 67.7 Å². The second-order valence-electron chi connectivity index (χ2n) is 8.11. The number of Topliss-reactive ketones (excluding diaryl/α,β-unsaturated/α-hetero) is 2. The van der Waals surface area contributed by atoms with E-state index in [1.165, 1.54) is 6.92 Å². The van der Waals surface area contributed by atoms with Crippen LogP contribution >= 0.6 is 0 Å². The number of carbonyl (C=O) groups is 2. The van der Waals surface area contributed by atoms with Gasteiger partial charge in [-0.2, -0.15) is 0 Å². The molecule has 140 valence electrons. The van der Waals surface area contributed by atoms with Crippen LogP contribution in [0, 0.1) is 5.41 Å². The lowest BCUT2D eigenvalue weighted by Crippen LogP contribution is -2.40. The predicted octanol–water partition coefficient (Wildman–Crippen LogP) is 5.06. The molecule has 0 saturated heterocycles. The Labute approximate surface area is 167 Å². The second kappa shape index (κ2) is 9.39. The smallest absolute Gasteiger partial charge is 0.175 e. The van der Waals surface area contributed by atoms with E-state index >= 15 is 0 Å². The Morgan fingerprint density at radius 3 is 1.67 bits per heavy atom. The molecule has 4 heteroatoms. The quantitative estimate of drug-likeness (QED) is 0.361. The van der Waals surface area contributed by atoms with Crippen molar-refractivity contribution in [1.82, 2.24) is 0 Å². The minimum atomic E-state index is -0.969. The molecule has 0 aromatic heterocycles. The van der Waals surface area contributed by atoms with E-state index in [1.807, 2.05) is 59.8 Å². The van der Waals surface area contributed by atoms with Crippen LogP contribution in [0.4, 0.5) is 0 Å². The van der Waals surface area contributed by atoms with Crippen LogP contribution in [0.5, 0.6) is 0 Å². The number of carbonyl (C=O) groups excluding carboxylic acids is 2. The fourth-order valence-corrected chi connectivity index (χ4v) is 3.19. The van der Waals surface area contributed by atoms with Gasteiger partial charge in [0.15, 0.2) is 11.6 Å². The molecule has 0 aliphatic heterocycles. The van der Waals surface area contributed by atoms with Gasteiger partial charge < -0.3 is 0 Å². The highest BCUT2D eigenvalue weighted by Crippen LogP contribution is 2.46. The first kappa shape index (κ1) is 23.2. The van der Waals surface area contributed by atoms with Crippen molar-refractivity contribution in [3.05, 3.63) is 57.0 Å². The van der Waals surface area contributed by atoms with E-state index < -0.39 is 5.41 Å². The van der Waals surface area contributed by atoms with Crippen molar-refractivity contribution in [3.8, 4) is 0 Å². The third-order valence-electron chi connectivity index (χ3n) is 4.88. The Balaban J connectivity index is 3.78. The van der Waals surface area contributed by atoms with Crippen molar-refractivity contribution in [2.24, 2.45) is 5.41 Å². The Bertz CT molecular complexity index is 757. The van der Waals surface area contributed by atoms with Gasteiger partial charge in [-0.1, -0.05) is 46.0 Å². The molecule has 4 radical (unpaired) electrons. The van der Waals surface area contributed by atoms with E-state index in [9.17, 15) is 9.59 Å². The van der Waals surface area contributed by atoms with E-state index in [0.717, 1.165) is 16.7 Å². The zero-order valence-corrected chi connectivity index (χ0v) is 17.8. The maximum absolute atomic E-state index is 13.5. The minimum Gasteiger partial charge on any atom is -0.294 e. The lowest BCUT2D eigenvalue weighted by Gasteiger charge is -2.39. The molecule has 0 heterocycles. The van der Waals surface area contributed by atoms with Gasteiger partial charge in [0.05, 0.1) is 11.0 Å². The fourth-order valence-electron chi connectivity index (χ4n) is 3.19. The maximum Gasteiger partial charge on any atom is 0.175 e. The lowest BCUT2D eigenvalue weighted by molar-refractivity contribution is -0.125. The average molecular weight is 360 g/mol. The third kappa shape index (κ3) is 5.34. The molecular formula is C23H30B2O2. The minimum absolute atomic E-state index is 0.0886. The summed E-state index contributed by atoms with van der Waals surface area (Å²) in [5.74, 6) is -0.570. The average Bonchev–Trinajstić information content (AvgIpc) is 2.53. The first-order valence-electron chi connectivity index (χ1n) is 9.39. The summed E-state index contributed by atoms with van der Waals surface area (Å²) in [6.45, 7) is 13.3. The van der Waals surface area contributed by atoms with Gasteiger partial charge in [-0.3, -0.25) is 9.59 Å².